The molecule has 2 aromatic rings. The summed E-state index contributed by atoms with van der Waals surface area (Å²) in [5, 5.41) is 3.50. The highest BCUT2D eigenvalue weighted by atomic mass is 19.4. The number of halogens is 3. The van der Waals surface area contributed by atoms with Crippen molar-refractivity contribution in [1.29, 1.82) is 0 Å². The van der Waals surface area contributed by atoms with Gasteiger partial charge in [0.25, 0.3) is 0 Å². The SMILES string of the molecule is COc1ccc(OCCN(C)Cn2ccc(C(F)(F)F)n2)cc1. The van der Waals surface area contributed by atoms with Crippen molar-refractivity contribution in [1.82, 2.24) is 14.7 Å². The maximum Gasteiger partial charge on any atom is 0.435 e. The molecule has 1 heterocycles. The van der Waals surface area contributed by atoms with Crippen LogP contribution in [-0.2, 0) is 12.8 Å². The molecular weight excluding hydrogens is 311 g/mol. The van der Waals surface area contributed by atoms with Crippen LogP contribution in [0.3, 0.4) is 0 Å². The molecule has 0 saturated carbocycles. The van der Waals surface area contributed by atoms with E-state index in [1.165, 1.54) is 10.9 Å². The molecule has 0 unspecified atom stereocenters. The Hall–Kier alpha value is -2.22. The van der Waals surface area contributed by atoms with Crippen molar-refractivity contribution in [3.63, 3.8) is 0 Å². The van der Waals surface area contributed by atoms with Crippen LogP contribution in [0.2, 0.25) is 0 Å². The minimum Gasteiger partial charge on any atom is -0.497 e. The first kappa shape index (κ1) is 17.1. The average Bonchev–Trinajstić information content (AvgIpc) is 2.96. The predicted molar refractivity (Wildman–Crippen MR) is 78.3 cm³/mol. The van der Waals surface area contributed by atoms with Crippen LogP contribution in [0.4, 0.5) is 13.2 Å². The summed E-state index contributed by atoms with van der Waals surface area (Å²) >= 11 is 0. The number of benzene rings is 1. The Kier molecular flexibility index (Phi) is 5.49. The molecule has 0 saturated heterocycles. The summed E-state index contributed by atoms with van der Waals surface area (Å²) in [6, 6.07) is 8.13. The zero-order chi connectivity index (χ0) is 16.9. The van der Waals surface area contributed by atoms with Gasteiger partial charge in [-0.1, -0.05) is 0 Å². The molecule has 1 aromatic heterocycles. The van der Waals surface area contributed by atoms with Crippen molar-refractivity contribution in [3.05, 3.63) is 42.2 Å². The minimum atomic E-state index is -4.42. The predicted octanol–water partition coefficient (Wildman–Crippen LogP) is 2.88. The van der Waals surface area contributed by atoms with Gasteiger partial charge in [0, 0.05) is 12.7 Å². The van der Waals surface area contributed by atoms with Gasteiger partial charge in [-0.25, -0.2) is 0 Å². The summed E-state index contributed by atoms with van der Waals surface area (Å²) in [4.78, 5) is 1.82. The Morgan fingerprint density at radius 1 is 1.13 bits per heavy atom. The van der Waals surface area contributed by atoms with Crippen molar-refractivity contribution in [2.45, 2.75) is 12.8 Å². The highest BCUT2D eigenvalue weighted by Crippen LogP contribution is 2.27. The number of nitrogens with zero attached hydrogens (tertiary/aromatic N) is 3. The summed E-state index contributed by atoms with van der Waals surface area (Å²) < 4.78 is 49.3. The van der Waals surface area contributed by atoms with Crippen LogP contribution in [-0.4, -0.2) is 42.0 Å². The Labute approximate surface area is 132 Å². The van der Waals surface area contributed by atoms with E-state index in [0.717, 1.165) is 11.8 Å². The summed E-state index contributed by atoms with van der Waals surface area (Å²) in [7, 11) is 3.37. The van der Waals surface area contributed by atoms with Crippen LogP contribution >= 0.6 is 0 Å². The van der Waals surface area contributed by atoms with E-state index in [4.69, 9.17) is 9.47 Å². The van der Waals surface area contributed by atoms with Gasteiger partial charge in [-0.15, -0.1) is 0 Å². The first-order valence-corrected chi connectivity index (χ1v) is 6.94. The van der Waals surface area contributed by atoms with Gasteiger partial charge >= 0.3 is 6.18 Å². The number of rotatable bonds is 7. The minimum absolute atomic E-state index is 0.252. The van der Waals surface area contributed by atoms with Crippen molar-refractivity contribution in [2.75, 3.05) is 27.3 Å². The van der Waals surface area contributed by atoms with Crippen LogP contribution in [0.1, 0.15) is 5.69 Å². The molecule has 0 aliphatic carbocycles. The lowest BCUT2D eigenvalue weighted by Gasteiger charge is -2.17. The van der Waals surface area contributed by atoms with Gasteiger partial charge in [-0.2, -0.15) is 18.3 Å². The fourth-order valence-corrected chi connectivity index (χ4v) is 1.90. The molecule has 5 nitrogen and oxygen atoms in total. The molecule has 0 N–H and O–H groups in total. The molecule has 0 bridgehead atoms. The van der Waals surface area contributed by atoms with Gasteiger partial charge in [0.1, 0.15) is 18.1 Å². The van der Waals surface area contributed by atoms with Gasteiger partial charge < -0.3 is 9.47 Å². The topological polar surface area (TPSA) is 39.5 Å². The second kappa shape index (κ2) is 7.36. The van der Waals surface area contributed by atoms with Gasteiger partial charge in [0.05, 0.1) is 13.8 Å². The van der Waals surface area contributed by atoms with Gasteiger partial charge in [0.15, 0.2) is 5.69 Å². The Morgan fingerprint density at radius 2 is 1.78 bits per heavy atom. The zero-order valence-electron chi connectivity index (χ0n) is 12.9. The number of methoxy groups -OCH3 is 1. The molecule has 0 radical (unpaired) electrons. The summed E-state index contributed by atoms with van der Waals surface area (Å²) in [5.74, 6) is 1.45. The molecule has 8 heteroatoms. The lowest BCUT2D eigenvalue weighted by atomic mass is 10.3. The fraction of sp³-hybridized carbons (Fsp3) is 0.400. The molecule has 2 rings (SSSR count). The maximum absolute atomic E-state index is 12.5. The van der Waals surface area contributed by atoms with E-state index in [1.807, 2.05) is 4.90 Å². The first-order valence-electron chi connectivity index (χ1n) is 6.94. The van der Waals surface area contributed by atoms with Crippen LogP contribution < -0.4 is 9.47 Å². The van der Waals surface area contributed by atoms with Crippen molar-refractivity contribution in [2.24, 2.45) is 0 Å². The number of likely N-dealkylation sites (N-methyl/N-ethyl adjacent to an activating group) is 1. The number of alkyl halides is 3. The van der Waals surface area contributed by atoms with Crippen LogP contribution in [0, 0.1) is 0 Å². The molecule has 0 spiro atoms. The number of hydrogen-bond acceptors (Lipinski definition) is 4. The van der Waals surface area contributed by atoms with Crippen LogP contribution in [0.25, 0.3) is 0 Å². The second-order valence-electron chi connectivity index (χ2n) is 4.98. The van der Waals surface area contributed by atoms with E-state index in [-0.39, 0.29) is 6.67 Å². The highest BCUT2D eigenvalue weighted by molar-refractivity contribution is 5.31. The second-order valence-corrected chi connectivity index (χ2v) is 4.98. The van der Waals surface area contributed by atoms with Crippen molar-refractivity contribution in [3.8, 4) is 11.5 Å². The van der Waals surface area contributed by atoms with E-state index in [0.29, 0.717) is 18.9 Å². The molecule has 1 aromatic carbocycles. The average molecular weight is 329 g/mol. The molecule has 0 fully saturated rings. The standard InChI is InChI=1S/C15H18F3N3O2/c1-20(11-21-8-7-14(19-21)15(16,17)18)9-10-23-13-5-3-12(22-2)4-6-13/h3-8H,9-11H2,1-2H3. The number of ether oxygens (including phenoxy) is 2. The highest BCUT2D eigenvalue weighted by Gasteiger charge is 2.33. The summed E-state index contributed by atoms with van der Waals surface area (Å²) in [5.41, 5.74) is -0.889. The largest absolute Gasteiger partial charge is 0.497 e. The van der Waals surface area contributed by atoms with E-state index >= 15 is 0 Å². The van der Waals surface area contributed by atoms with E-state index in [9.17, 15) is 13.2 Å². The summed E-state index contributed by atoms with van der Waals surface area (Å²) in [6.45, 7) is 1.21. The molecular formula is C15H18F3N3O2. The van der Waals surface area contributed by atoms with E-state index < -0.39 is 11.9 Å². The smallest absolute Gasteiger partial charge is 0.435 e. The van der Waals surface area contributed by atoms with Crippen molar-refractivity contribution >= 4 is 0 Å². The van der Waals surface area contributed by atoms with Crippen LogP contribution in [0.15, 0.2) is 36.5 Å². The molecule has 0 aliphatic rings. The molecule has 126 valence electrons. The monoisotopic (exact) mass is 329 g/mol. The third kappa shape index (κ3) is 5.17. The number of aromatic nitrogens is 2. The fourth-order valence-electron chi connectivity index (χ4n) is 1.90. The molecule has 0 aliphatic heterocycles. The number of hydrogen-bond donors (Lipinski definition) is 0. The van der Waals surface area contributed by atoms with E-state index in [1.54, 1.807) is 38.4 Å². The van der Waals surface area contributed by atoms with Gasteiger partial charge in [-0.05, 0) is 37.4 Å². The lowest BCUT2D eigenvalue weighted by molar-refractivity contribution is -0.141. The maximum atomic E-state index is 12.5. The Balaban J connectivity index is 1.76. The molecule has 0 atom stereocenters. The van der Waals surface area contributed by atoms with E-state index in [2.05, 4.69) is 5.10 Å². The third-order valence-electron chi connectivity index (χ3n) is 3.12. The Morgan fingerprint density at radius 3 is 2.35 bits per heavy atom. The lowest BCUT2D eigenvalue weighted by Crippen LogP contribution is -2.27. The first-order chi connectivity index (χ1) is 10.9. The Bertz CT molecular complexity index is 611. The normalized spacial score (nSPS) is 11.7. The van der Waals surface area contributed by atoms with Gasteiger partial charge in [-0.3, -0.25) is 9.58 Å². The van der Waals surface area contributed by atoms with Crippen LogP contribution in [0.5, 0.6) is 11.5 Å². The van der Waals surface area contributed by atoms with Crippen molar-refractivity contribution < 1.29 is 22.6 Å². The summed E-state index contributed by atoms with van der Waals surface area (Å²) in [6.07, 6.45) is -3.11. The zero-order valence-corrected chi connectivity index (χ0v) is 12.9. The quantitative estimate of drug-likeness (QED) is 0.783. The van der Waals surface area contributed by atoms with Gasteiger partial charge in [0.2, 0.25) is 0 Å². The molecule has 0 amide bonds. The molecule has 23 heavy (non-hydrogen) atoms. The third-order valence-corrected chi connectivity index (χ3v) is 3.12.